The lowest BCUT2D eigenvalue weighted by atomic mass is 10.2. The number of anilines is 2. The van der Waals surface area contributed by atoms with Gasteiger partial charge in [-0.15, -0.1) is 0 Å². The molecule has 21 heavy (non-hydrogen) atoms. The molecule has 1 aromatic heterocycles. The highest BCUT2D eigenvalue weighted by molar-refractivity contribution is 5.57. The Morgan fingerprint density at radius 2 is 1.90 bits per heavy atom. The second kappa shape index (κ2) is 6.62. The molecule has 0 unspecified atom stereocenters. The zero-order valence-corrected chi connectivity index (χ0v) is 12.6. The van der Waals surface area contributed by atoms with Crippen LogP contribution in [0.1, 0.15) is 11.1 Å². The monoisotopic (exact) mass is 277 g/mol. The number of aryl methyl sites for hydroxylation is 1. The molecule has 3 nitrogen and oxygen atoms in total. The molecular weight excluding hydrogens is 258 g/mol. The Kier molecular flexibility index (Phi) is 4.63. The molecule has 0 bridgehead atoms. The fourth-order valence-electron chi connectivity index (χ4n) is 1.78. The highest BCUT2D eigenvalue weighted by Gasteiger charge is 1.97. The Bertz CT molecular complexity index is 688. The number of allylic oxidation sites excluding steroid dienone is 1. The Balaban J connectivity index is 2.05. The summed E-state index contributed by atoms with van der Waals surface area (Å²) < 4.78 is 0. The van der Waals surface area contributed by atoms with E-state index in [4.69, 9.17) is 0 Å². The van der Waals surface area contributed by atoms with Crippen molar-refractivity contribution in [2.24, 2.45) is 0 Å². The van der Waals surface area contributed by atoms with Crippen LogP contribution < -0.4 is 10.2 Å². The van der Waals surface area contributed by atoms with E-state index in [0.29, 0.717) is 5.70 Å². The van der Waals surface area contributed by atoms with Crippen molar-refractivity contribution >= 4 is 11.4 Å². The molecule has 0 spiro atoms. The van der Waals surface area contributed by atoms with Crippen molar-refractivity contribution in [3.63, 3.8) is 0 Å². The van der Waals surface area contributed by atoms with Gasteiger partial charge in [0.2, 0.25) is 0 Å². The number of hydrogen-bond donors (Lipinski definition) is 1. The van der Waals surface area contributed by atoms with E-state index in [0.717, 1.165) is 22.5 Å². The summed E-state index contributed by atoms with van der Waals surface area (Å²) >= 11 is 0. The van der Waals surface area contributed by atoms with Gasteiger partial charge in [0, 0.05) is 31.5 Å². The molecule has 1 N–H and O–H groups in total. The van der Waals surface area contributed by atoms with E-state index in [1.807, 2.05) is 51.4 Å². The third-order valence-electron chi connectivity index (χ3n) is 3.07. The van der Waals surface area contributed by atoms with E-state index in [2.05, 4.69) is 33.6 Å². The molecule has 0 aliphatic rings. The first-order valence-electron chi connectivity index (χ1n) is 6.72. The Morgan fingerprint density at radius 1 is 1.19 bits per heavy atom. The summed E-state index contributed by atoms with van der Waals surface area (Å²) in [6, 6.07) is 10.1. The van der Waals surface area contributed by atoms with Crippen molar-refractivity contribution in [3.05, 3.63) is 66.1 Å². The van der Waals surface area contributed by atoms with E-state index in [-0.39, 0.29) is 0 Å². The lowest BCUT2D eigenvalue weighted by molar-refractivity contribution is 1.13. The number of pyridine rings is 1. The molecular formula is C18H19N3. The third-order valence-corrected chi connectivity index (χ3v) is 3.07. The van der Waals surface area contributed by atoms with Crippen LogP contribution in [0.5, 0.6) is 0 Å². The topological polar surface area (TPSA) is 28.2 Å². The van der Waals surface area contributed by atoms with Crippen LogP contribution in [-0.4, -0.2) is 19.1 Å². The number of aromatic nitrogens is 1. The zero-order valence-electron chi connectivity index (χ0n) is 12.6. The molecule has 0 saturated carbocycles. The highest BCUT2D eigenvalue weighted by atomic mass is 15.1. The predicted octanol–water partition coefficient (Wildman–Crippen LogP) is 3.43. The van der Waals surface area contributed by atoms with Gasteiger partial charge in [-0.1, -0.05) is 12.5 Å². The van der Waals surface area contributed by atoms with Crippen LogP contribution in [0.2, 0.25) is 0 Å². The maximum absolute atomic E-state index is 4.09. The molecule has 2 rings (SSSR count). The van der Waals surface area contributed by atoms with Gasteiger partial charge >= 0.3 is 0 Å². The number of nitrogens with zero attached hydrogens (tertiary/aromatic N) is 2. The second-order valence-electron chi connectivity index (χ2n) is 4.99. The summed E-state index contributed by atoms with van der Waals surface area (Å²) in [5, 5.41) is 3.17. The second-order valence-corrected chi connectivity index (χ2v) is 4.99. The smallest absolute Gasteiger partial charge is 0.0828 e. The molecule has 0 aliphatic heterocycles. The maximum Gasteiger partial charge on any atom is 0.0828 e. The molecule has 0 saturated heterocycles. The van der Waals surface area contributed by atoms with Crippen LogP contribution in [0.4, 0.5) is 11.4 Å². The van der Waals surface area contributed by atoms with Crippen molar-refractivity contribution in [2.75, 3.05) is 24.3 Å². The zero-order chi connectivity index (χ0) is 15.2. The number of rotatable bonds is 3. The quantitative estimate of drug-likeness (QED) is 0.871. The van der Waals surface area contributed by atoms with E-state index >= 15 is 0 Å². The van der Waals surface area contributed by atoms with Crippen LogP contribution in [0.25, 0.3) is 0 Å². The van der Waals surface area contributed by atoms with Gasteiger partial charge in [0.1, 0.15) is 0 Å². The standard InChI is InChI=1S/C18H19N3/c1-14-11-12-19-13-18(14)20-15(2)5-6-16-7-9-17(10-8-16)21(3)4/h7-13,20H,2H2,1,3-4H3. The number of benzene rings is 1. The number of nitrogens with one attached hydrogen (secondary N) is 1. The maximum atomic E-state index is 4.09. The molecule has 2 aromatic rings. The lowest BCUT2D eigenvalue weighted by Crippen LogP contribution is -2.07. The van der Waals surface area contributed by atoms with Crippen LogP contribution >= 0.6 is 0 Å². The van der Waals surface area contributed by atoms with Gasteiger partial charge in [-0.05, 0) is 48.7 Å². The van der Waals surface area contributed by atoms with Crippen LogP contribution in [-0.2, 0) is 0 Å². The van der Waals surface area contributed by atoms with E-state index in [9.17, 15) is 0 Å². The number of hydrogen-bond acceptors (Lipinski definition) is 3. The molecule has 1 heterocycles. The Morgan fingerprint density at radius 3 is 2.52 bits per heavy atom. The van der Waals surface area contributed by atoms with Gasteiger partial charge in [0.25, 0.3) is 0 Å². The van der Waals surface area contributed by atoms with Gasteiger partial charge in [-0.25, -0.2) is 0 Å². The molecule has 0 amide bonds. The Hall–Kier alpha value is -2.73. The third kappa shape index (κ3) is 4.12. The van der Waals surface area contributed by atoms with Gasteiger partial charge in [0.15, 0.2) is 0 Å². The van der Waals surface area contributed by atoms with Crippen molar-refractivity contribution in [2.45, 2.75) is 6.92 Å². The van der Waals surface area contributed by atoms with Crippen molar-refractivity contribution in [1.29, 1.82) is 0 Å². The fourth-order valence-corrected chi connectivity index (χ4v) is 1.78. The minimum Gasteiger partial charge on any atom is -0.378 e. The van der Waals surface area contributed by atoms with Gasteiger partial charge in [-0.3, -0.25) is 4.98 Å². The Labute approximate surface area is 126 Å². The van der Waals surface area contributed by atoms with Gasteiger partial charge < -0.3 is 10.2 Å². The average molecular weight is 277 g/mol. The fraction of sp³-hybridized carbons (Fsp3) is 0.167. The molecule has 0 radical (unpaired) electrons. The van der Waals surface area contributed by atoms with E-state index in [1.165, 1.54) is 0 Å². The van der Waals surface area contributed by atoms with Gasteiger partial charge in [-0.2, -0.15) is 0 Å². The van der Waals surface area contributed by atoms with E-state index in [1.54, 1.807) is 12.4 Å². The molecule has 0 aliphatic carbocycles. The first-order valence-corrected chi connectivity index (χ1v) is 6.72. The summed E-state index contributed by atoms with van der Waals surface area (Å²) in [6.07, 6.45) is 3.54. The lowest BCUT2D eigenvalue weighted by Gasteiger charge is -2.11. The van der Waals surface area contributed by atoms with E-state index < -0.39 is 0 Å². The molecule has 0 fully saturated rings. The summed E-state index contributed by atoms with van der Waals surface area (Å²) in [6.45, 7) is 5.95. The molecule has 1 aromatic carbocycles. The SMILES string of the molecule is C=C(C#Cc1ccc(N(C)C)cc1)Nc1cnccc1C. The van der Waals surface area contributed by atoms with Crippen molar-refractivity contribution in [1.82, 2.24) is 4.98 Å². The molecule has 0 atom stereocenters. The normalized spacial score (nSPS) is 9.48. The van der Waals surface area contributed by atoms with Crippen LogP contribution in [0, 0.1) is 18.8 Å². The largest absolute Gasteiger partial charge is 0.378 e. The summed E-state index contributed by atoms with van der Waals surface area (Å²) in [4.78, 5) is 6.14. The minimum atomic E-state index is 0.655. The molecule has 106 valence electrons. The summed E-state index contributed by atoms with van der Waals surface area (Å²) in [5.74, 6) is 6.13. The summed E-state index contributed by atoms with van der Waals surface area (Å²) in [7, 11) is 4.03. The predicted molar refractivity (Wildman–Crippen MR) is 89.4 cm³/mol. The average Bonchev–Trinajstić information content (AvgIpc) is 2.48. The summed E-state index contributed by atoms with van der Waals surface area (Å²) in [5.41, 5.74) is 4.82. The first kappa shape index (κ1) is 14.7. The van der Waals surface area contributed by atoms with Crippen molar-refractivity contribution in [3.8, 4) is 11.8 Å². The molecule has 3 heteroatoms. The highest BCUT2D eigenvalue weighted by Crippen LogP contribution is 2.14. The van der Waals surface area contributed by atoms with Crippen LogP contribution in [0.15, 0.2) is 55.0 Å². The van der Waals surface area contributed by atoms with Crippen LogP contribution in [0.3, 0.4) is 0 Å². The first-order chi connectivity index (χ1) is 10.1. The van der Waals surface area contributed by atoms with Crippen molar-refractivity contribution < 1.29 is 0 Å². The minimum absolute atomic E-state index is 0.655. The van der Waals surface area contributed by atoms with Gasteiger partial charge in [0.05, 0.1) is 17.6 Å².